The van der Waals surface area contributed by atoms with Gasteiger partial charge >= 0.3 is 0 Å². The van der Waals surface area contributed by atoms with E-state index >= 15 is 0 Å². The van der Waals surface area contributed by atoms with Crippen LogP contribution in [0.15, 0.2) is 18.2 Å². The minimum atomic E-state index is 1.00. The highest BCUT2D eigenvalue weighted by Crippen LogP contribution is 2.18. The summed E-state index contributed by atoms with van der Waals surface area (Å²) in [4.78, 5) is 0. The number of nitrogens with zero attached hydrogens (tertiary/aromatic N) is 2. The Labute approximate surface area is 76.4 Å². The number of hydrogen-bond donors (Lipinski definition) is 0. The van der Waals surface area contributed by atoms with Crippen molar-refractivity contribution in [3.63, 3.8) is 0 Å². The Morgan fingerprint density at radius 2 is 2.00 bits per heavy atom. The van der Waals surface area contributed by atoms with Crippen LogP contribution in [0.4, 0.5) is 0 Å². The zero-order chi connectivity index (χ0) is 8.97. The smallest absolute Gasteiger partial charge is 0.106 e. The molecule has 2 aromatic rings. The Balaban J connectivity index is 0.000000336. The second-order valence-electron chi connectivity index (χ2n) is 2.20. The van der Waals surface area contributed by atoms with Crippen molar-refractivity contribution in [3.05, 3.63) is 23.8 Å². The summed E-state index contributed by atoms with van der Waals surface area (Å²) in [5, 5.41) is 3.95. The largest absolute Gasteiger partial charge is 0.138 e. The lowest BCUT2D eigenvalue weighted by molar-refractivity contribution is 1.20. The first kappa shape index (κ1) is 9.13. The number of rotatable bonds is 0. The maximum Gasteiger partial charge on any atom is 0.106 e. The Morgan fingerprint density at radius 3 is 2.67 bits per heavy atom. The Kier molecular flexibility index (Phi) is 3.17. The topological polar surface area (TPSA) is 25.8 Å². The molecule has 0 radical (unpaired) electrons. The van der Waals surface area contributed by atoms with Crippen LogP contribution in [0.2, 0.25) is 0 Å². The molecule has 0 aliphatic rings. The van der Waals surface area contributed by atoms with Gasteiger partial charge in [0.15, 0.2) is 0 Å². The average molecular weight is 180 g/mol. The molecule has 0 fully saturated rings. The minimum Gasteiger partial charge on any atom is -0.138 e. The van der Waals surface area contributed by atoms with Gasteiger partial charge in [-0.1, -0.05) is 30.5 Å². The van der Waals surface area contributed by atoms with Gasteiger partial charge in [0.1, 0.15) is 5.52 Å². The molecule has 1 aromatic heterocycles. The number of aromatic nitrogens is 2. The van der Waals surface area contributed by atoms with E-state index in [1.807, 2.05) is 26.0 Å². The van der Waals surface area contributed by atoms with Crippen molar-refractivity contribution >= 4 is 21.7 Å². The first-order chi connectivity index (χ1) is 5.88. The molecule has 0 aliphatic carbocycles. The standard InChI is InChI=1S/C7H6N2S.C2H6/c1-5-3-2-4-6-7(5)10-9-8-6;1-2/h2-4H,1H3;1-2H3. The van der Waals surface area contributed by atoms with Crippen molar-refractivity contribution in [2.75, 3.05) is 0 Å². The fraction of sp³-hybridized carbons (Fsp3) is 0.333. The second-order valence-corrected chi connectivity index (χ2v) is 2.95. The maximum absolute atomic E-state index is 3.95. The monoisotopic (exact) mass is 180 g/mol. The van der Waals surface area contributed by atoms with Gasteiger partial charge in [0.2, 0.25) is 0 Å². The van der Waals surface area contributed by atoms with Crippen molar-refractivity contribution in [2.24, 2.45) is 0 Å². The Morgan fingerprint density at radius 1 is 1.25 bits per heavy atom. The molecule has 3 heteroatoms. The van der Waals surface area contributed by atoms with Crippen molar-refractivity contribution in [1.29, 1.82) is 0 Å². The van der Waals surface area contributed by atoms with E-state index in [-0.39, 0.29) is 0 Å². The molecule has 2 nitrogen and oxygen atoms in total. The molecule has 0 saturated heterocycles. The molecule has 0 unspecified atom stereocenters. The van der Waals surface area contributed by atoms with Gasteiger partial charge < -0.3 is 0 Å². The van der Waals surface area contributed by atoms with E-state index in [0.717, 1.165) is 5.52 Å². The third-order valence-corrected chi connectivity index (χ3v) is 2.35. The first-order valence-electron chi connectivity index (χ1n) is 4.05. The highest BCUT2D eigenvalue weighted by atomic mass is 32.1. The molecule has 0 saturated carbocycles. The van der Waals surface area contributed by atoms with Crippen LogP contribution >= 0.6 is 11.5 Å². The van der Waals surface area contributed by atoms with Crippen LogP contribution in [0.3, 0.4) is 0 Å². The maximum atomic E-state index is 3.95. The van der Waals surface area contributed by atoms with Crippen molar-refractivity contribution in [3.8, 4) is 0 Å². The second kappa shape index (κ2) is 4.16. The van der Waals surface area contributed by atoms with Gasteiger partial charge in [0.25, 0.3) is 0 Å². The van der Waals surface area contributed by atoms with E-state index in [4.69, 9.17) is 0 Å². The van der Waals surface area contributed by atoms with Crippen LogP contribution in [-0.4, -0.2) is 9.59 Å². The summed E-state index contributed by atoms with van der Waals surface area (Å²) in [5.74, 6) is 0. The van der Waals surface area contributed by atoms with Crippen LogP contribution in [-0.2, 0) is 0 Å². The van der Waals surface area contributed by atoms with Crippen molar-refractivity contribution < 1.29 is 0 Å². The van der Waals surface area contributed by atoms with Crippen LogP contribution < -0.4 is 0 Å². The van der Waals surface area contributed by atoms with Gasteiger partial charge in [-0.2, -0.15) is 0 Å². The van der Waals surface area contributed by atoms with Crippen molar-refractivity contribution in [1.82, 2.24) is 9.59 Å². The van der Waals surface area contributed by atoms with Crippen LogP contribution in [0.25, 0.3) is 10.2 Å². The van der Waals surface area contributed by atoms with E-state index in [2.05, 4.69) is 22.6 Å². The van der Waals surface area contributed by atoms with E-state index in [9.17, 15) is 0 Å². The van der Waals surface area contributed by atoms with Gasteiger partial charge in [-0.3, -0.25) is 0 Å². The molecular formula is C9H12N2S. The molecule has 0 spiro atoms. The molecular weight excluding hydrogens is 168 g/mol. The summed E-state index contributed by atoms with van der Waals surface area (Å²) in [6.45, 7) is 6.07. The molecule has 0 bridgehead atoms. The van der Waals surface area contributed by atoms with Gasteiger partial charge in [-0.05, 0) is 30.1 Å². The van der Waals surface area contributed by atoms with E-state index in [1.165, 1.54) is 21.8 Å². The minimum absolute atomic E-state index is 1.00. The molecule has 0 amide bonds. The number of benzene rings is 1. The summed E-state index contributed by atoms with van der Waals surface area (Å²) >= 11 is 1.45. The first-order valence-corrected chi connectivity index (χ1v) is 4.83. The lowest BCUT2D eigenvalue weighted by Crippen LogP contribution is -1.70. The third kappa shape index (κ3) is 1.61. The number of fused-ring (bicyclic) bond motifs is 1. The molecule has 1 heterocycles. The lowest BCUT2D eigenvalue weighted by atomic mass is 10.2. The zero-order valence-electron chi connectivity index (χ0n) is 7.53. The molecule has 0 atom stereocenters. The van der Waals surface area contributed by atoms with Crippen molar-refractivity contribution in [2.45, 2.75) is 20.8 Å². The van der Waals surface area contributed by atoms with Crippen LogP contribution in [0.1, 0.15) is 19.4 Å². The van der Waals surface area contributed by atoms with Gasteiger partial charge in [0, 0.05) is 0 Å². The SMILES string of the molecule is CC.Cc1cccc2nnsc12. The predicted molar refractivity (Wildman–Crippen MR) is 53.5 cm³/mol. The number of aryl methyl sites for hydroxylation is 1. The highest BCUT2D eigenvalue weighted by molar-refractivity contribution is 7.13. The van der Waals surface area contributed by atoms with Crippen LogP contribution in [0, 0.1) is 6.92 Å². The van der Waals surface area contributed by atoms with Gasteiger partial charge in [-0.25, -0.2) is 0 Å². The summed E-state index contributed by atoms with van der Waals surface area (Å²) in [5.41, 5.74) is 2.26. The van der Waals surface area contributed by atoms with E-state index in [0.29, 0.717) is 0 Å². The van der Waals surface area contributed by atoms with Crippen LogP contribution in [0.5, 0.6) is 0 Å². The summed E-state index contributed by atoms with van der Waals surface area (Å²) in [6.07, 6.45) is 0. The Hall–Kier alpha value is -0.960. The summed E-state index contributed by atoms with van der Waals surface area (Å²) in [7, 11) is 0. The summed E-state index contributed by atoms with van der Waals surface area (Å²) < 4.78 is 5.05. The van der Waals surface area contributed by atoms with E-state index in [1.54, 1.807) is 0 Å². The van der Waals surface area contributed by atoms with E-state index < -0.39 is 0 Å². The Bertz CT molecular complexity index is 354. The molecule has 12 heavy (non-hydrogen) atoms. The zero-order valence-corrected chi connectivity index (χ0v) is 8.35. The van der Waals surface area contributed by atoms with Gasteiger partial charge in [0.05, 0.1) is 4.70 Å². The normalized spacial score (nSPS) is 9.25. The lowest BCUT2D eigenvalue weighted by Gasteiger charge is -1.88. The molecule has 0 N–H and O–H groups in total. The molecule has 64 valence electrons. The fourth-order valence-corrected chi connectivity index (χ4v) is 1.56. The molecule has 0 aliphatic heterocycles. The number of hydrogen-bond acceptors (Lipinski definition) is 3. The fourth-order valence-electron chi connectivity index (χ4n) is 0.940. The quantitative estimate of drug-likeness (QED) is 0.622. The summed E-state index contributed by atoms with van der Waals surface area (Å²) in [6, 6.07) is 6.05. The third-order valence-electron chi connectivity index (χ3n) is 1.47. The predicted octanol–water partition coefficient (Wildman–Crippen LogP) is 3.03. The molecule has 2 rings (SSSR count). The highest BCUT2D eigenvalue weighted by Gasteiger charge is 1.97. The average Bonchev–Trinajstić information content (AvgIpc) is 2.57. The van der Waals surface area contributed by atoms with Gasteiger partial charge in [-0.15, -0.1) is 5.10 Å². The molecule has 1 aromatic carbocycles.